The van der Waals surface area contributed by atoms with E-state index in [9.17, 15) is 0 Å². The molecular weight excluding hydrogens is 296 g/mol. The van der Waals surface area contributed by atoms with Gasteiger partial charge in [-0.1, -0.05) is 55.5 Å². The third-order valence-electron chi connectivity index (χ3n) is 4.72. The lowest BCUT2D eigenvalue weighted by atomic mass is 10.0. The van der Waals surface area contributed by atoms with Crippen molar-refractivity contribution in [3.8, 4) is 5.75 Å². The van der Waals surface area contributed by atoms with Crippen molar-refractivity contribution in [1.82, 2.24) is 10.2 Å². The summed E-state index contributed by atoms with van der Waals surface area (Å²) in [5, 5.41) is 3.50. The number of para-hydroxylation sites is 1. The molecule has 1 aliphatic rings. The van der Waals surface area contributed by atoms with Crippen LogP contribution in [0.4, 0.5) is 0 Å². The van der Waals surface area contributed by atoms with Gasteiger partial charge in [0.15, 0.2) is 0 Å². The largest absolute Gasteiger partial charge is 0.489 e. The molecule has 0 radical (unpaired) electrons. The normalized spacial score (nSPS) is 17.2. The van der Waals surface area contributed by atoms with Gasteiger partial charge in [0.1, 0.15) is 12.4 Å². The van der Waals surface area contributed by atoms with Crippen molar-refractivity contribution < 1.29 is 4.74 Å². The zero-order chi connectivity index (χ0) is 16.6. The standard InChI is InChI=1S/C21H28N2O/c1-2-20(23-15-8-13-22-14-16-23)19-11-6-7-12-21(19)24-17-18-9-4-3-5-10-18/h3-7,9-12,20,22H,2,8,13-17H2,1H3. The number of hydrogen-bond acceptors (Lipinski definition) is 3. The predicted molar refractivity (Wildman–Crippen MR) is 99.3 cm³/mol. The van der Waals surface area contributed by atoms with Crippen molar-refractivity contribution in [2.45, 2.75) is 32.4 Å². The van der Waals surface area contributed by atoms with Crippen molar-refractivity contribution in [2.24, 2.45) is 0 Å². The van der Waals surface area contributed by atoms with E-state index in [4.69, 9.17) is 4.74 Å². The van der Waals surface area contributed by atoms with Crippen LogP contribution in [-0.4, -0.2) is 31.1 Å². The predicted octanol–water partition coefficient (Wildman–Crippen LogP) is 4.01. The number of hydrogen-bond donors (Lipinski definition) is 1. The van der Waals surface area contributed by atoms with Crippen LogP contribution in [0.1, 0.15) is 36.9 Å². The van der Waals surface area contributed by atoms with E-state index in [1.165, 1.54) is 17.5 Å². The van der Waals surface area contributed by atoms with Gasteiger partial charge in [0.25, 0.3) is 0 Å². The van der Waals surface area contributed by atoms with Crippen molar-refractivity contribution >= 4 is 0 Å². The third kappa shape index (κ3) is 4.37. The van der Waals surface area contributed by atoms with Crippen LogP contribution in [0.15, 0.2) is 54.6 Å². The number of nitrogens with one attached hydrogen (secondary N) is 1. The Bertz CT molecular complexity index is 606. The summed E-state index contributed by atoms with van der Waals surface area (Å²) in [6.45, 7) is 7.35. The van der Waals surface area contributed by atoms with Gasteiger partial charge in [-0.2, -0.15) is 0 Å². The van der Waals surface area contributed by atoms with Gasteiger partial charge in [0.2, 0.25) is 0 Å². The highest BCUT2D eigenvalue weighted by Gasteiger charge is 2.22. The summed E-state index contributed by atoms with van der Waals surface area (Å²) in [4.78, 5) is 2.60. The first-order valence-electron chi connectivity index (χ1n) is 9.09. The van der Waals surface area contributed by atoms with Gasteiger partial charge in [0, 0.05) is 31.2 Å². The highest BCUT2D eigenvalue weighted by molar-refractivity contribution is 5.36. The van der Waals surface area contributed by atoms with E-state index < -0.39 is 0 Å². The van der Waals surface area contributed by atoms with Crippen molar-refractivity contribution in [1.29, 1.82) is 0 Å². The number of ether oxygens (including phenoxy) is 1. The van der Waals surface area contributed by atoms with Crippen LogP contribution in [0, 0.1) is 0 Å². The molecule has 3 rings (SSSR count). The van der Waals surface area contributed by atoms with Crippen LogP contribution < -0.4 is 10.1 Å². The van der Waals surface area contributed by atoms with Gasteiger partial charge >= 0.3 is 0 Å². The Morgan fingerprint density at radius 3 is 2.62 bits per heavy atom. The zero-order valence-corrected chi connectivity index (χ0v) is 14.6. The lowest BCUT2D eigenvalue weighted by molar-refractivity contribution is 0.197. The minimum absolute atomic E-state index is 0.428. The Balaban J connectivity index is 1.76. The summed E-state index contributed by atoms with van der Waals surface area (Å²) in [6.07, 6.45) is 2.31. The molecule has 0 amide bonds. The number of nitrogens with zero attached hydrogens (tertiary/aromatic N) is 1. The molecule has 1 saturated heterocycles. The molecule has 0 saturated carbocycles. The topological polar surface area (TPSA) is 24.5 Å². The molecule has 1 atom stereocenters. The fourth-order valence-electron chi connectivity index (χ4n) is 3.48. The summed E-state index contributed by atoms with van der Waals surface area (Å²) in [6, 6.07) is 19.3. The van der Waals surface area contributed by atoms with Crippen LogP contribution in [-0.2, 0) is 6.61 Å². The lowest BCUT2D eigenvalue weighted by Gasteiger charge is -2.31. The first kappa shape index (κ1) is 17.0. The van der Waals surface area contributed by atoms with E-state index >= 15 is 0 Å². The molecule has 128 valence electrons. The summed E-state index contributed by atoms with van der Waals surface area (Å²) in [5.74, 6) is 1.02. The van der Waals surface area contributed by atoms with Crippen molar-refractivity contribution in [2.75, 3.05) is 26.2 Å². The fourth-order valence-corrected chi connectivity index (χ4v) is 3.48. The van der Waals surface area contributed by atoms with E-state index in [2.05, 4.69) is 65.7 Å². The highest BCUT2D eigenvalue weighted by atomic mass is 16.5. The second kappa shape index (κ2) is 8.86. The average Bonchev–Trinajstić information content (AvgIpc) is 2.92. The Labute approximate surface area is 145 Å². The van der Waals surface area contributed by atoms with Crippen LogP contribution in [0.2, 0.25) is 0 Å². The van der Waals surface area contributed by atoms with Crippen LogP contribution >= 0.6 is 0 Å². The fraction of sp³-hybridized carbons (Fsp3) is 0.429. The van der Waals surface area contributed by atoms with Crippen molar-refractivity contribution in [3.63, 3.8) is 0 Å². The Kier molecular flexibility index (Phi) is 6.27. The summed E-state index contributed by atoms with van der Waals surface area (Å²) in [7, 11) is 0. The highest BCUT2D eigenvalue weighted by Crippen LogP contribution is 2.32. The molecular formula is C21H28N2O. The molecule has 3 nitrogen and oxygen atoms in total. The maximum atomic E-state index is 6.19. The maximum Gasteiger partial charge on any atom is 0.124 e. The van der Waals surface area contributed by atoms with Gasteiger partial charge < -0.3 is 10.1 Å². The van der Waals surface area contributed by atoms with Gasteiger partial charge in [-0.05, 0) is 31.0 Å². The Morgan fingerprint density at radius 2 is 1.79 bits per heavy atom. The van der Waals surface area contributed by atoms with Crippen LogP contribution in [0.5, 0.6) is 5.75 Å². The molecule has 0 aliphatic carbocycles. The summed E-state index contributed by atoms with van der Waals surface area (Å²) >= 11 is 0. The van der Waals surface area contributed by atoms with Crippen LogP contribution in [0.25, 0.3) is 0 Å². The summed E-state index contributed by atoms with van der Waals surface area (Å²) < 4.78 is 6.19. The minimum Gasteiger partial charge on any atom is -0.489 e. The first-order chi connectivity index (χ1) is 11.9. The SMILES string of the molecule is CCC(c1ccccc1OCc1ccccc1)N1CCCNCC1. The third-order valence-corrected chi connectivity index (χ3v) is 4.72. The second-order valence-corrected chi connectivity index (χ2v) is 6.38. The Hall–Kier alpha value is -1.84. The molecule has 0 aromatic heterocycles. The maximum absolute atomic E-state index is 6.19. The molecule has 0 spiro atoms. The number of benzene rings is 2. The first-order valence-corrected chi connectivity index (χ1v) is 9.09. The molecule has 1 fully saturated rings. The molecule has 2 aromatic carbocycles. The van der Waals surface area contributed by atoms with Crippen LogP contribution in [0.3, 0.4) is 0 Å². The second-order valence-electron chi connectivity index (χ2n) is 6.38. The molecule has 24 heavy (non-hydrogen) atoms. The smallest absolute Gasteiger partial charge is 0.124 e. The molecule has 1 unspecified atom stereocenters. The molecule has 1 N–H and O–H groups in total. The molecule has 1 heterocycles. The molecule has 1 aliphatic heterocycles. The minimum atomic E-state index is 0.428. The van der Waals surface area contributed by atoms with E-state index in [0.29, 0.717) is 12.6 Å². The Morgan fingerprint density at radius 1 is 1.00 bits per heavy atom. The molecule has 2 aromatic rings. The number of rotatable bonds is 6. The summed E-state index contributed by atoms with van der Waals surface area (Å²) in [5.41, 5.74) is 2.53. The van der Waals surface area contributed by atoms with E-state index in [0.717, 1.165) is 38.3 Å². The average molecular weight is 324 g/mol. The van der Waals surface area contributed by atoms with Crippen molar-refractivity contribution in [3.05, 3.63) is 65.7 Å². The zero-order valence-electron chi connectivity index (χ0n) is 14.6. The molecule has 0 bridgehead atoms. The van der Waals surface area contributed by atoms with E-state index in [1.807, 2.05) is 6.07 Å². The van der Waals surface area contributed by atoms with Gasteiger partial charge in [-0.25, -0.2) is 0 Å². The van der Waals surface area contributed by atoms with Gasteiger partial charge in [-0.15, -0.1) is 0 Å². The van der Waals surface area contributed by atoms with E-state index in [1.54, 1.807) is 0 Å². The van der Waals surface area contributed by atoms with E-state index in [-0.39, 0.29) is 0 Å². The van der Waals surface area contributed by atoms with Gasteiger partial charge in [-0.3, -0.25) is 4.90 Å². The lowest BCUT2D eigenvalue weighted by Crippen LogP contribution is -2.32. The molecule has 3 heteroatoms. The quantitative estimate of drug-likeness (QED) is 0.869. The van der Waals surface area contributed by atoms with Gasteiger partial charge in [0.05, 0.1) is 0 Å². The monoisotopic (exact) mass is 324 g/mol.